The summed E-state index contributed by atoms with van der Waals surface area (Å²) in [4.78, 5) is 12.1. The van der Waals surface area contributed by atoms with Crippen LogP contribution in [0.4, 0.5) is 0 Å². The Balaban J connectivity index is 1.99. The standard InChI is InChI=1S/C29H38ClIO3Si/c1-23(31)22-24(30)17-18-26(33)20-19-25(32)12-11-21-34-35(29(2,3)4,27-13-7-5-8-14-27)28-15-9-6-10-16-28/h5-10,13-16,19-20,24-25,32H,1,11-12,17-18,21-22H2,2-4H3/b20-19+/t24-,25?/m1/s1. The lowest BCUT2D eigenvalue weighted by Crippen LogP contribution is -2.66. The van der Waals surface area contributed by atoms with E-state index >= 15 is 0 Å². The summed E-state index contributed by atoms with van der Waals surface area (Å²) >= 11 is 8.37. The number of allylic oxidation sites excluding steroid dienone is 2. The van der Waals surface area contributed by atoms with Crippen LogP contribution in [0.2, 0.25) is 5.04 Å². The maximum Gasteiger partial charge on any atom is 0.261 e. The van der Waals surface area contributed by atoms with Gasteiger partial charge in [0.2, 0.25) is 0 Å². The molecule has 0 aliphatic rings. The maximum absolute atomic E-state index is 12.1. The molecule has 6 heteroatoms. The van der Waals surface area contributed by atoms with Crippen LogP contribution in [0, 0.1) is 0 Å². The molecule has 0 amide bonds. The van der Waals surface area contributed by atoms with Gasteiger partial charge in [-0.25, -0.2) is 0 Å². The Kier molecular flexibility index (Phi) is 12.4. The zero-order valence-corrected chi connectivity index (χ0v) is 25.0. The third-order valence-corrected chi connectivity index (χ3v) is 11.9. The molecule has 1 unspecified atom stereocenters. The van der Waals surface area contributed by atoms with E-state index in [2.05, 4.69) is 98.5 Å². The summed E-state index contributed by atoms with van der Waals surface area (Å²) in [7, 11) is -2.56. The zero-order chi connectivity index (χ0) is 25.9. The van der Waals surface area contributed by atoms with E-state index < -0.39 is 14.4 Å². The molecule has 2 aromatic carbocycles. The van der Waals surface area contributed by atoms with Crippen molar-refractivity contribution in [3.05, 3.63) is 83.0 Å². The van der Waals surface area contributed by atoms with Crippen LogP contribution in [-0.4, -0.2) is 37.3 Å². The molecule has 0 spiro atoms. The molecule has 0 saturated carbocycles. The van der Waals surface area contributed by atoms with E-state index in [-0.39, 0.29) is 16.2 Å². The Morgan fingerprint density at radius 2 is 1.63 bits per heavy atom. The Morgan fingerprint density at radius 3 is 2.11 bits per heavy atom. The number of ketones is 1. The molecule has 2 atom stereocenters. The summed E-state index contributed by atoms with van der Waals surface area (Å²) in [6, 6.07) is 21.1. The molecule has 2 aromatic rings. The summed E-state index contributed by atoms with van der Waals surface area (Å²) in [5, 5.41) is 12.7. The van der Waals surface area contributed by atoms with Crippen molar-refractivity contribution in [2.75, 3.05) is 6.61 Å². The molecular weight excluding hydrogens is 587 g/mol. The number of halogens is 2. The molecule has 35 heavy (non-hydrogen) atoms. The average molecular weight is 625 g/mol. The SMILES string of the molecule is C=C(I)C[C@H](Cl)CCC(=O)/C=C/C(O)CCCO[Si](c1ccccc1)(c1ccccc1)C(C)(C)C. The molecule has 0 aliphatic carbocycles. The van der Waals surface area contributed by atoms with Gasteiger partial charge in [0.25, 0.3) is 8.32 Å². The van der Waals surface area contributed by atoms with Gasteiger partial charge in [0.15, 0.2) is 5.78 Å². The molecule has 190 valence electrons. The first-order chi connectivity index (χ1) is 16.6. The summed E-state index contributed by atoms with van der Waals surface area (Å²) < 4.78 is 7.84. The van der Waals surface area contributed by atoms with Crippen molar-refractivity contribution in [1.82, 2.24) is 0 Å². The minimum atomic E-state index is -2.56. The van der Waals surface area contributed by atoms with E-state index in [0.717, 1.165) is 3.58 Å². The number of aliphatic hydroxyl groups excluding tert-OH is 1. The van der Waals surface area contributed by atoms with Crippen LogP contribution in [0.5, 0.6) is 0 Å². The number of benzene rings is 2. The van der Waals surface area contributed by atoms with E-state index in [0.29, 0.717) is 38.7 Å². The first-order valence-electron chi connectivity index (χ1n) is 12.2. The third-order valence-electron chi connectivity index (χ3n) is 6.03. The van der Waals surface area contributed by atoms with Crippen LogP contribution in [0.25, 0.3) is 0 Å². The summed E-state index contributed by atoms with van der Waals surface area (Å²) in [6.45, 7) is 11.1. The van der Waals surface area contributed by atoms with E-state index in [9.17, 15) is 9.90 Å². The van der Waals surface area contributed by atoms with Gasteiger partial charge in [-0.3, -0.25) is 4.79 Å². The minimum Gasteiger partial charge on any atom is -0.407 e. The maximum atomic E-state index is 12.1. The lowest BCUT2D eigenvalue weighted by atomic mass is 10.1. The first-order valence-corrected chi connectivity index (χ1v) is 15.6. The van der Waals surface area contributed by atoms with Gasteiger partial charge >= 0.3 is 0 Å². The van der Waals surface area contributed by atoms with Crippen LogP contribution in [-0.2, 0) is 9.22 Å². The highest BCUT2D eigenvalue weighted by molar-refractivity contribution is 14.1. The second-order valence-electron chi connectivity index (χ2n) is 9.90. The van der Waals surface area contributed by atoms with Crippen molar-refractivity contribution in [1.29, 1.82) is 0 Å². The zero-order valence-electron chi connectivity index (χ0n) is 21.1. The molecule has 0 bridgehead atoms. The van der Waals surface area contributed by atoms with Gasteiger partial charge in [0.05, 0.1) is 6.10 Å². The second kappa shape index (κ2) is 14.5. The number of rotatable bonds is 14. The molecule has 0 saturated heterocycles. The molecule has 2 rings (SSSR count). The number of carbonyl (C=O) groups is 1. The normalized spacial score (nSPS) is 14.1. The molecule has 0 radical (unpaired) electrons. The number of hydrogen-bond acceptors (Lipinski definition) is 3. The number of aliphatic hydroxyl groups is 1. The molecule has 3 nitrogen and oxygen atoms in total. The molecule has 0 heterocycles. The molecule has 0 aliphatic heterocycles. The summed E-state index contributed by atoms with van der Waals surface area (Å²) in [6.07, 6.45) is 5.31. The van der Waals surface area contributed by atoms with Gasteiger partial charge in [0.1, 0.15) is 0 Å². The van der Waals surface area contributed by atoms with Crippen molar-refractivity contribution in [2.45, 2.75) is 69.4 Å². The average Bonchev–Trinajstić information content (AvgIpc) is 2.81. The predicted octanol–water partition coefficient (Wildman–Crippen LogP) is 6.56. The highest BCUT2D eigenvalue weighted by Crippen LogP contribution is 2.36. The van der Waals surface area contributed by atoms with E-state index in [1.54, 1.807) is 6.08 Å². The largest absolute Gasteiger partial charge is 0.407 e. The van der Waals surface area contributed by atoms with Crippen LogP contribution in [0.15, 0.2) is 83.0 Å². The summed E-state index contributed by atoms with van der Waals surface area (Å²) in [5.41, 5.74) is 0. The minimum absolute atomic E-state index is 0.0164. The van der Waals surface area contributed by atoms with E-state index in [4.69, 9.17) is 16.0 Å². The van der Waals surface area contributed by atoms with Crippen LogP contribution >= 0.6 is 34.2 Å². The topological polar surface area (TPSA) is 46.5 Å². The first kappa shape index (κ1) is 30.0. The van der Waals surface area contributed by atoms with E-state index in [1.165, 1.54) is 16.4 Å². The van der Waals surface area contributed by atoms with Crippen LogP contribution in [0.3, 0.4) is 0 Å². The molecule has 1 N–H and O–H groups in total. The highest BCUT2D eigenvalue weighted by atomic mass is 127. The van der Waals surface area contributed by atoms with Gasteiger partial charge in [-0.05, 0) is 73.3 Å². The highest BCUT2D eigenvalue weighted by Gasteiger charge is 2.49. The molecule has 0 aromatic heterocycles. The van der Waals surface area contributed by atoms with Crippen LogP contribution < -0.4 is 10.4 Å². The van der Waals surface area contributed by atoms with Crippen molar-refractivity contribution in [3.8, 4) is 0 Å². The van der Waals surface area contributed by atoms with Gasteiger partial charge < -0.3 is 9.53 Å². The number of hydrogen-bond donors (Lipinski definition) is 1. The third kappa shape index (κ3) is 9.28. The summed E-state index contributed by atoms with van der Waals surface area (Å²) in [5.74, 6) is -0.0164. The fourth-order valence-corrected chi connectivity index (χ4v) is 10.0. The lowest BCUT2D eigenvalue weighted by molar-refractivity contribution is -0.114. The predicted molar refractivity (Wildman–Crippen MR) is 160 cm³/mol. The van der Waals surface area contributed by atoms with Crippen molar-refractivity contribution in [2.24, 2.45) is 0 Å². The van der Waals surface area contributed by atoms with Crippen molar-refractivity contribution < 1.29 is 14.3 Å². The number of carbonyl (C=O) groups excluding carboxylic acids is 1. The van der Waals surface area contributed by atoms with Crippen LogP contribution in [0.1, 0.15) is 52.9 Å². The quantitative estimate of drug-likeness (QED) is 0.0852. The Hall–Kier alpha value is -1.25. The molecule has 0 fully saturated rings. The monoisotopic (exact) mass is 624 g/mol. The number of alkyl halides is 1. The van der Waals surface area contributed by atoms with Gasteiger partial charge in [-0.15, -0.1) is 11.6 Å². The lowest BCUT2D eigenvalue weighted by Gasteiger charge is -2.43. The fourth-order valence-electron chi connectivity index (χ4n) is 4.32. The van der Waals surface area contributed by atoms with Crippen molar-refractivity contribution in [3.63, 3.8) is 0 Å². The smallest absolute Gasteiger partial charge is 0.261 e. The Morgan fingerprint density at radius 1 is 1.09 bits per heavy atom. The van der Waals surface area contributed by atoms with Crippen molar-refractivity contribution >= 4 is 58.7 Å². The Labute approximate surface area is 230 Å². The Bertz CT molecular complexity index is 917. The van der Waals surface area contributed by atoms with Gasteiger partial charge in [-0.1, -0.05) is 94.1 Å². The second-order valence-corrected chi connectivity index (χ2v) is 16.4. The van der Waals surface area contributed by atoms with Gasteiger partial charge in [0, 0.05) is 18.4 Å². The fraction of sp³-hybridized carbons (Fsp3) is 0.414. The van der Waals surface area contributed by atoms with Gasteiger partial charge in [-0.2, -0.15) is 0 Å². The van der Waals surface area contributed by atoms with E-state index in [1.807, 2.05) is 12.1 Å². The molecular formula is C29H38ClIO3Si.